The molecule has 0 fully saturated rings. The summed E-state index contributed by atoms with van der Waals surface area (Å²) in [5, 5.41) is 10.4. The third-order valence-corrected chi connectivity index (χ3v) is 10.4. The van der Waals surface area contributed by atoms with Crippen molar-refractivity contribution >= 4 is 63.7 Å². The van der Waals surface area contributed by atoms with Crippen LogP contribution in [-0.4, -0.2) is 23.6 Å². The lowest BCUT2D eigenvalue weighted by Gasteiger charge is -2.34. The Morgan fingerprint density at radius 1 is 0.722 bits per heavy atom. The molecule has 0 radical (unpaired) electrons. The fraction of sp³-hybridized carbons (Fsp3) is 0.586. The van der Waals surface area contributed by atoms with Gasteiger partial charge in [0.15, 0.2) is 6.29 Å². The van der Waals surface area contributed by atoms with Crippen molar-refractivity contribution in [3.8, 4) is 5.75 Å². The van der Waals surface area contributed by atoms with E-state index in [1.54, 1.807) is 0 Å². The SMILES string of the molecule is CCC(C)(CC)OC(O)COc1cc(Br)c(C(C)(C)c2c(Br)cc(C(C)(CC)CC)cc2Br)c(Br)c1. The van der Waals surface area contributed by atoms with Crippen LogP contribution in [0, 0.1) is 0 Å². The average Bonchev–Trinajstić information content (AvgIpc) is 2.80. The van der Waals surface area contributed by atoms with E-state index < -0.39 is 6.29 Å². The fourth-order valence-electron chi connectivity index (χ4n) is 4.48. The number of ether oxygens (including phenoxy) is 2. The predicted octanol–water partition coefficient (Wildman–Crippen LogP) is 10.4. The molecule has 7 heteroatoms. The summed E-state index contributed by atoms with van der Waals surface area (Å²) in [4.78, 5) is 0. The topological polar surface area (TPSA) is 38.7 Å². The third-order valence-electron chi connectivity index (χ3n) is 7.87. The molecule has 1 atom stereocenters. The van der Waals surface area contributed by atoms with Gasteiger partial charge in [0, 0.05) is 23.3 Å². The highest BCUT2D eigenvalue weighted by Gasteiger charge is 2.34. The Morgan fingerprint density at radius 3 is 1.53 bits per heavy atom. The minimum atomic E-state index is -0.995. The Bertz CT molecular complexity index is 997. The number of aliphatic hydroxyl groups excluding tert-OH is 1. The quantitative estimate of drug-likeness (QED) is 0.219. The normalized spacial score (nSPS) is 13.7. The molecular formula is C29H40Br4O3. The number of hydrogen-bond donors (Lipinski definition) is 1. The molecule has 0 saturated carbocycles. The molecule has 0 spiro atoms. The zero-order valence-corrected chi connectivity index (χ0v) is 29.0. The summed E-state index contributed by atoms with van der Waals surface area (Å²) in [5.74, 6) is 0.654. The highest BCUT2D eigenvalue weighted by atomic mass is 79.9. The van der Waals surface area contributed by atoms with Crippen LogP contribution in [0.2, 0.25) is 0 Å². The van der Waals surface area contributed by atoms with Crippen LogP contribution in [-0.2, 0) is 15.6 Å². The van der Waals surface area contributed by atoms with E-state index in [1.165, 1.54) is 11.1 Å². The van der Waals surface area contributed by atoms with Crippen LogP contribution < -0.4 is 4.74 Å². The molecule has 0 saturated heterocycles. The minimum absolute atomic E-state index is 0.0589. The molecule has 0 bridgehead atoms. The summed E-state index contributed by atoms with van der Waals surface area (Å²) < 4.78 is 15.8. The molecule has 36 heavy (non-hydrogen) atoms. The first kappa shape index (κ1) is 32.3. The molecular weight excluding hydrogens is 716 g/mol. The zero-order chi connectivity index (χ0) is 27.5. The molecule has 0 amide bonds. The van der Waals surface area contributed by atoms with Crippen LogP contribution in [0.4, 0.5) is 0 Å². The van der Waals surface area contributed by atoms with Gasteiger partial charge < -0.3 is 14.6 Å². The van der Waals surface area contributed by atoms with E-state index >= 15 is 0 Å². The lowest BCUT2D eigenvalue weighted by molar-refractivity contribution is -0.193. The first-order valence-corrected chi connectivity index (χ1v) is 15.8. The van der Waals surface area contributed by atoms with E-state index in [9.17, 15) is 5.11 Å². The van der Waals surface area contributed by atoms with Gasteiger partial charge in [0.2, 0.25) is 0 Å². The molecule has 2 aromatic rings. The molecule has 0 aliphatic rings. The van der Waals surface area contributed by atoms with Gasteiger partial charge in [-0.05, 0) is 79.0 Å². The molecule has 0 aliphatic carbocycles. The maximum absolute atomic E-state index is 10.4. The van der Waals surface area contributed by atoms with Crippen molar-refractivity contribution in [1.82, 2.24) is 0 Å². The van der Waals surface area contributed by atoms with Crippen molar-refractivity contribution < 1.29 is 14.6 Å². The Kier molecular flexibility index (Phi) is 11.6. The molecule has 2 rings (SSSR count). The largest absolute Gasteiger partial charge is 0.488 e. The number of benzene rings is 2. The molecule has 2 aromatic carbocycles. The van der Waals surface area contributed by atoms with Gasteiger partial charge in [-0.3, -0.25) is 0 Å². The van der Waals surface area contributed by atoms with Crippen LogP contribution in [0.25, 0.3) is 0 Å². The third kappa shape index (κ3) is 7.18. The van der Waals surface area contributed by atoms with Gasteiger partial charge in [-0.2, -0.15) is 0 Å². The number of aliphatic hydroxyl groups is 1. The zero-order valence-electron chi connectivity index (χ0n) is 22.7. The number of hydrogen-bond acceptors (Lipinski definition) is 3. The Balaban J connectivity index is 2.37. The molecule has 0 heterocycles. The second-order valence-corrected chi connectivity index (χ2v) is 13.9. The molecule has 202 valence electrons. The van der Waals surface area contributed by atoms with Crippen LogP contribution in [0.5, 0.6) is 5.75 Å². The van der Waals surface area contributed by atoms with Gasteiger partial charge in [-0.25, -0.2) is 0 Å². The Labute approximate surface area is 251 Å². The summed E-state index contributed by atoms with van der Waals surface area (Å²) in [7, 11) is 0. The van der Waals surface area contributed by atoms with E-state index in [1.807, 2.05) is 19.1 Å². The van der Waals surface area contributed by atoms with Crippen LogP contribution >= 0.6 is 63.7 Å². The van der Waals surface area contributed by atoms with Crippen molar-refractivity contribution in [3.63, 3.8) is 0 Å². The van der Waals surface area contributed by atoms with Gasteiger partial charge >= 0.3 is 0 Å². The standard InChI is InChI=1S/C29H40Br4O3/c1-9-28(7,10-2)18-13-20(30)25(21(31)14-18)27(5,6)26-22(32)15-19(16-23(26)33)35-17-24(34)36-29(8,11-3)12-4/h13-16,24,34H,9-12,17H2,1-8H3. The van der Waals surface area contributed by atoms with Gasteiger partial charge in [-0.1, -0.05) is 112 Å². The number of halogens is 4. The van der Waals surface area contributed by atoms with Crippen molar-refractivity contribution in [2.24, 2.45) is 0 Å². The highest BCUT2D eigenvalue weighted by molar-refractivity contribution is 9.11. The van der Waals surface area contributed by atoms with Gasteiger partial charge in [0.1, 0.15) is 12.4 Å². The van der Waals surface area contributed by atoms with Crippen LogP contribution in [0.1, 0.15) is 97.8 Å². The van der Waals surface area contributed by atoms with Gasteiger partial charge in [-0.15, -0.1) is 0 Å². The van der Waals surface area contributed by atoms with E-state index in [4.69, 9.17) is 9.47 Å². The predicted molar refractivity (Wildman–Crippen MR) is 165 cm³/mol. The average molecular weight is 756 g/mol. The van der Waals surface area contributed by atoms with Crippen molar-refractivity contribution in [1.29, 1.82) is 0 Å². The fourth-order valence-corrected chi connectivity index (χ4v) is 8.79. The van der Waals surface area contributed by atoms with E-state index in [2.05, 4.69) is 124 Å². The Hall–Kier alpha value is 0.0800. The first-order chi connectivity index (χ1) is 16.7. The summed E-state index contributed by atoms with van der Waals surface area (Å²) in [6.07, 6.45) is 2.82. The monoisotopic (exact) mass is 752 g/mol. The van der Waals surface area contributed by atoms with Crippen molar-refractivity contribution in [3.05, 3.63) is 58.8 Å². The second kappa shape index (κ2) is 13.0. The van der Waals surface area contributed by atoms with Gasteiger partial charge in [0.25, 0.3) is 0 Å². The van der Waals surface area contributed by atoms with E-state index in [-0.39, 0.29) is 23.0 Å². The minimum Gasteiger partial charge on any atom is -0.488 e. The lowest BCUT2D eigenvalue weighted by Crippen LogP contribution is -2.35. The summed E-state index contributed by atoms with van der Waals surface area (Å²) >= 11 is 15.4. The lowest BCUT2D eigenvalue weighted by atomic mass is 9.74. The molecule has 0 aliphatic heterocycles. The maximum atomic E-state index is 10.4. The molecule has 0 aromatic heterocycles. The summed E-state index contributed by atoms with van der Waals surface area (Å²) in [6, 6.07) is 8.45. The smallest absolute Gasteiger partial charge is 0.189 e. The van der Waals surface area contributed by atoms with Crippen LogP contribution in [0.3, 0.4) is 0 Å². The van der Waals surface area contributed by atoms with Crippen LogP contribution in [0.15, 0.2) is 42.2 Å². The molecule has 1 N–H and O–H groups in total. The van der Waals surface area contributed by atoms with Crippen molar-refractivity contribution in [2.45, 2.75) is 104 Å². The maximum Gasteiger partial charge on any atom is 0.189 e. The Morgan fingerprint density at radius 2 is 1.14 bits per heavy atom. The molecule has 1 unspecified atom stereocenters. The van der Waals surface area contributed by atoms with Crippen molar-refractivity contribution in [2.75, 3.05) is 6.61 Å². The molecule has 3 nitrogen and oxygen atoms in total. The highest BCUT2D eigenvalue weighted by Crippen LogP contribution is 2.48. The van der Waals surface area contributed by atoms with E-state index in [0.29, 0.717) is 5.75 Å². The van der Waals surface area contributed by atoms with E-state index in [0.717, 1.165) is 49.1 Å². The number of rotatable bonds is 12. The summed E-state index contributed by atoms with van der Waals surface area (Å²) in [5.41, 5.74) is 3.05. The second-order valence-electron chi connectivity index (χ2n) is 10.5. The summed E-state index contributed by atoms with van der Waals surface area (Å²) in [6.45, 7) is 17.4. The first-order valence-electron chi connectivity index (χ1n) is 12.7. The van der Waals surface area contributed by atoms with Gasteiger partial charge in [0.05, 0.1) is 5.60 Å².